The Labute approximate surface area is 81.4 Å². The van der Waals surface area contributed by atoms with E-state index in [1.54, 1.807) is 0 Å². The largest absolute Gasteiger partial charge is 0.335 e. The van der Waals surface area contributed by atoms with E-state index < -0.39 is 12.5 Å². The van der Waals surface area contributed by atoms with E-state index in [-0.39, 0.29) is 25.4 Å². The highest BCUT2D eigenvalue weighted by molar-refractivity contribution is 5.78. The first kappa shape index (κ1) is 9.83. The highest BCUT2D eigenvalue weighted by Crippen LogP contribution is 2.26. The Morgan fingerprint density at radius 3 is 2.71 bits per heavy atom. The molecule has 1 saturated heterocycles. The molecule has 0 aromatic rings. The molecule has 0 bridgehead atoms. The van der Waals surface area contributed by atoms with Crippen molar-refractivity contribution in [1.29, 1.82) is 0 Å². The number of carbonyl (C=O) groups excluding carboxylic acids is 1. The smallest absolute Gasteiger partial charge is 0.267 e. The second-order valence-corrected chi connectivity index (χ2v) is 4.08. The van der Waals surface area contributed by atoms with Gasteiger partial charge in [-0.25, -0.2) is 8.78 Å². The van der Waals surface area contributed by atoms with Crippen molar-refractivity contribution in [2.45, 2.75) is 31.2 Å². The zero-order valence-electron chi connectivity index (χ0n) is 7.93. The molecular weight excluding hydrogens is 190 g/mol. The fourth-order valence-corrected chi connectivity index (χ4v) is 1.58. The van der Waals surface area contributed by atoms with Gasteiger partial charge in [0.15, 0.2) is 0 Å². The normalized spacial score (nSPS) is 25.4. The lowest BCUT2D eigenvalue weighted by Gasteiger charge is -2.16. The predicted molar refractivity (Wildman–Crippen MR) is 47.2 cm³/mol. The number of alkyl halides is 2. The molecule has 0 atom stereocenters. The molecule has 1 aliphatic carbocycles. The van der Waals surface area contributed by atoms with Crippen LogP contribution in [0.5, 0.6) is 0 Å². The molecule has 1 heterocycles. The molecule has 3 nitrogen and oxygen atoms in total. The Morgan fingerprint density at radius 2 is 2.21 bits per heavy atom. The van der Waals surface area contributed by atoms with Gasteiger partial charge >= 0.3 is 0 Å². The summed E-state index contributed by atoms with van der Waals surface area (Å²) in [5.41, 5.74) is 0. The van der Waals surface area contributed by atoms with Crippen molar-refractivity contribution in [1.82, 2.24) is 10.2 Å². The summed E-state index contributed by atoms with van der Waals surface area (Å²) in [7, 11) is 0. The Bertz CT molecular complexity index is 241. The molecule has 0 radical (unpaired) electrons. The minimum Gasteiger partial charge on any atom is -0.335 e. The number of hydrogen-bond acceptors (Lipinski definition) is 2. The van der Waals surface area contributed by atoms with Gasteiger partial charge < -0.3 is 10.2 Å². The third kappa shape index (κ3) is 2.41. The van der Waals surface area contributed by atoms with Crippen molar-refractivity contribution in [2.24, 2.45) is 0 Å². The van der Waals surface area contributed by atoms with Crippen LogP contribution in [0.15, 0.2) is 0 Å². The van der Waals surface area contributed by atoms with Gasteiger partial charge in [0.2, 0.25) is 5.91 Å². The SMILES string of the molecule is O=C(CNC1CC1)N1CCC(F)(F)C1. The Kier molecular flexibility index (Phi) is 2.43. The van der Waals surface area contributed by atoms with Crippen molar-refractivity contribution in [3.8, 4) is 0 Å². The second-order valence-electron chi connectivity index (χ2n) is 4.08. The average Bonchev–Trinajstić information content (AvgIpc) is 2.86. The molecule has 5 heteroatoms. The molecule has 1 amide bonds. The Morgan fingerprint density at radius 1 is 1.50 bits per heavy atom. The summed E-state index contributed by atoms with van der Waals surface area (Å²) in [5, 5.41) is 3.02. The van der Waals surface area contributed by atoms with Crippen LogP contribution in [0.2, 0.25) is 0 Å². The number of rotatable bonds is 3. The van der Waals surface area contributed by atoms with Crippen LogP contribution in [0.3, 0.4) is 0 Å². The van der Waals surface area contributed by atoms with Gasteiger partial charge in [0.05, 0.1) is 13.1 Å². The topological polar surface area (TPSA) is 32.3 Å². The van der Waals surface area contributed by atoms with E-state index in [0.717, 1.165) is 12.8 Å². The fourth-order valence-electron chi connectivity index (χ4n) is 1.58. The van der Waals surface area contributed by atoms with Crippen LogP contribution in [0.4, 0.5) is 8.78 Å². The Balaban J connectivity index is 1.74. The van der Waals surface area contributed by atoms with Gasteiger partial charge in [-0.15, -0.1) is 0 Å². The van der Waals surface area contributed by atoms with Crippen molar-refractivity contribution in [3.63, 3.8) is 0 Å². The molecule has 0 unspecified atom stereocenters. The molecule has 1 N–H and O–H groups in total. The lowest BCUT2D eigenvalue weighted by molar-refractivity contribution is -0.130. The first-order valence-electron chi connectivity index (χ1n) is 4.96. The van der Waals surface area contributed by atoms with Crippen LogP contribution in [0.1, 0.15) is 19.3 Å². The zero-order valence-corrected chi connectivity index (χ0v) is 7.93. The summed E-state index contributed by atoms with van der Waals surface area (Å²) in [4.78, 5) is 12.6. The van der Waals surface area contributed by atoms with E-state index in [4.69, 9.17) is 0 Å². The maximum Gasteiger partial charge on any atom is 0.267 e. The summed E-state index contributed by atoms with van der Waals surface area (Å²) in [5.74, 6) is -2.87. The molecule has 1 saturated carbocycles. The first-order valence-corrected chi connectivity index (χ1v) is 4.96. The van der Waals surface area contributed by atoms with Crippen molar-refractivity contribution in [3.05, 3.63) is 0 Å². The van der Waals surface area contributed by atoms with Crippen LogP contribution in [-0.4, -0.2) is 42.4 Å². The van der Waals surface area contributed by atoms with Gasteiger partial charge in [-0.05, 0) is 12.8 Å². The van der Waals surface area contributed by atoms with Gasteiger partial charge in [-0.3, -0.25) is 4.79 Å². The van der Waals surface area contributed by atoms with E-state index in [2.05, 4.69) is 5.32 Å². The fraction of sp³-hybridized carbons (Fsp3) is 0.889. The lowest BCUT2D eigenvalue weighted by atomic mass is 10.3. The Hall–Kier alpha value is -0.710. The number of carbonyl (C=O) groups is 1. The molecule has 14 heavy (non-hydrogen) atoms. The van der Waals surface area contributed by atoms with Crippen molar-refractivity contribution in [2.75, 3.05) is 19.6 Å². The molecule has 1 aliphatic heterocycles. The van der Waals surface area contributed by atoms with E-state index in [9.17, 15) is 13.6 Å². The maximum atomic E-state index is 12.8. The number of hydrogen-bond donors (Lipinski definition) is 1. The summed E-state index contributed by atoms with van der Waals surface area (Å²) < 4.78 is 25.5. The lowest BCUT2D eigenvalue weighted by Crippen LogP contribution is -2.38. The molecule has 80 valence electrons. The summed E-state index contributed by atoms with van der Waals surface area (Å²) in [6, 6.07) is 0.446. The number of likely N-dealkylation sites (tertiary alicyclic amines) is 1. The standard InChI is InChI=1S/C9H14F2N2O/c10-9(11)3-4-13(6-9)8(14)5-12-7-1-2-7/h7,12H,1-6H2. The molecule has 0 spiro atoms. The van der Waals surface area contributed by atoms with Gasteiger partial charge in [0.25, 0.3) is 5.92 Å². The van der Waals surface area contributed by atoms with Crippen LogP contribution in [0, 0.1) is 0 Å². The number of amides is 1. The predicted octanol–water partition coefficient (Wildman–Crippen LogP) is 0.606. The molecule has 2 aliphatic rings. The molecule has 0 aromatic carbocycles. The minimum absolute atomic E-state index is 0.192. The molecule has 0 aromatic heterocycles. The number of nitrogens with one attached hydrogen (secondary N) is 1. The first-order chi connectivity index (χ1) is 6.57. The van der Waals surface area contributed by atoms with Crippen LogP contribution < -0.4 is 5.32 Å². The maximum absolute atomic E-state index is 12.8. The highest BCUT2D eigenvalue weighted by atomic mass is 19.3. The van der Waals surface area contributed by atoms with E-state index in [0.29, 0.717) is 6.04 Å². The minimum atomic E-state index is -2.67. The van der Waals surface area contributed by atoms with Crippen LogP contribution in [-0.2, 0) is 4.79 Å². The number of nitrogens with zero attached hydrogens (tertiary/aromatic N) is 1. The third-order valence-corrected chi connectivity index (χ3v) is 2.64. The molecular formula is C9H14F2N2O. The number of halogens is 2. The zero-order chi connectivity index (χ0) is 10.2. The van der Waals surface area contributed by atoms with E-state index in [1.165, 1.54) is 4.90 Å². The summed E-state index contributed by atoms with van der Waals surface area (Å²) in [6.45, 7) is -0.00287. The second kappa shape index (κ2) is 3.46. The van der Waals surface area contributed by atoms with E-state index in [1.807, 2.05) is 0 Å². The van der Waals surface area contributed by atoms with Crippen LogP contribution >= 0.6 is 0 Å². The highest BCUT2D eigenvalue weighted by Gasteiger charge is 2.40. The van der Waals surface area contributed by atoms with Gasteiger partial charge in [0, 0.05) is 19.0 Å². The average molecular weight is 204 g/mol. The van der Waals surface area contributed by atoms with Crippen molar-refractivity contribution >= 4 is 5.91 Å². The third-order valence-electron chi connectivity index (χ3n) is 2.64. The van der Waals surface area contributed by atoms with Gasteiger partial charge in [-0.1, -0.05) is 0 Å². The monoisotopic (exact) mass is 204 g/mol. The summed E-state index contributed by atoms with van der Waals surface area (Å²) >= 11 is 0. The van der Waals surface area contributed by atoms with E-state index >= 15 is 0 Å². The summed E-state index contributed by atoms with van der Waals surface area (Å²) in [6.07, 6.45) is 2.01. The van der Waals surface area contributed by atoms with Crippen molar-refractivity contribution < 1.29 is 13.6 Å². The van der Waals surface area contributed by atoms with Crippen LogP contribution in [0.25, 0.3) is 0 Å². The quantitative estimate of drug-likeness (QED) is 0.730. The van der Waals surface area contributed by atoms with Gasteiger partial charge in [0.1, 0.15) is 0 Å². The molecule has 2 rings (SSSR count). The molecule has 2 fully saturated rings. The van der Waals surface area contributed by atoms with Gasteiger partial charge in [-0.2, -0.15) is 0 Å².